The molecule has 1 aliphatic heterocycles. The molecule has 1 atom stereocenters. The molecule has 1 aromatic carbocycles. The van der Waals surface area contributed by atoms with E-state index in [1.165, 1.54) is 0 Å². The Morgan fingerprint density at radius 2 is 1.78 bits per heavy atom. The minimum absolute atomic E-state index is 0.195. The number of carboxylic acid groups (broad SMARTS) is 2. The van der Waals surface area contributed by atoms with E-state index >= 15 is 0 Å². The van der Waals surface area contributed by atoms with E-state index in [-0.39, 0.29) is 6.54 Å². The van der Waals surface area contributed by atoms with Crippen LogP contribution in [0.2, 0.25) is 0 Å². The molecule has 1 saturated heterocycles. The smallest absolute Gasteiger partial charge is 0.325 e. The number of rotatable bonds is 7. The lowest BCUT2D eigenvalue weighted by molar-refractivity contribution is -0.144. The van der Waals surface area contributed by atoms with Gasteiger partial charge in [-0.15, -0.1) is 0 Å². The monoisotopic (exact) mass is 371 g/mol. The van der Waals surface area contributed by atoms with E-state index in [0.717, 1.165) is 36.1 Å². The first-order valence-electron chi connectivity index (χ1n) is 9.00. The molecule has 0 radical (unpaired) electrons. The van der Waals surface area contributed by atoms with E-state index in [1.807, 2.05) is 36.1 Å². The number of carboxylic acids is 2. The quantitative estimate of drug-likeness (QED) is 0.725. The number of piperazine rings is 1. The van der Waals surface area contributed by atoms with Gasteiger partial charge in [0.1, 0.15) is 12.6 Å². The summed E-state index contributed by atoms with van der Waals surface area (Å²) in [4.78, 5) is 27.6. The molecule has 1 aromatic heterocycles. The van der Waals surface area contributed by atoms with Crippen molar-refractivity contribution in [2.45, 2.75) is 19.5 Å². The summed E-state index contributed by atoms with van der Waals surface area (Å²) in [6.07, 6.45) is 1.68. The fraction of sp³-hybridized carbons (Fsp3) is 0.400. The maximum atomic E-state index is 12.1. The molecule has 0 amide bonds. The van der Waals surface area contributed by atoms with E-state index in [4.69, 9.17) is 0 Å². The van der Waals surface area contributed by atoms with Crippen LogP contribution in [0.25, 0.3) is 10.9 Å². The summed E-state index contributed by atoms with van der Waals surface area (Å²) in [6, 6.07) is 6.57. The summed E-state index contributed by atoms with van der Waals surface area (Å²) < 4.78 is 1.61. The van der Waals surface area contributed by atoms with Crippen LogP contribution in [-0.2, 0) is 16.1 Å². The summed E-state index contributed by atoms with van der Waals surface area (Å²) in [6.45, 7) is 9.40. The zero-order chi connectivity index (χ0) is 19.6. The van der Waals surface area contributed by atoms with E-state index < -0.39 is 18.0 Å². The first-order valence-corrected chi connectivity index (χ1v) is 9.00. The second-order valence-corrected chi connectivity index (χ2v) is 7.13. The van der Waals surface area contributed by atoms with Crippen LogP contribution in [0.1, 0.15) is 18.5 Å². The number of aromatic nitrogens is 1. The van der Waals surface area contributed by atoms with Gasteiger partial charge in [0.2, 0.25) is 0 Å². The highest BCUT2D eigenvalue weighted by atomic mass is 16.4. The van der Waals surface area contributed by atoms with Crippen molar-refractivity contribution in [2.75, 3.05) is 32.7 Å². The number of para-hydroxylation sites is 1. The first-order chi connectivity index (χ1) is 12.9. The van der Waals surface area contributed by atoms with Crippen molar-refractivity contribution in [2.24, 2.45) is 0 Å². The van der Waals surface area contributed by atoms with Crippen molar-refractivity contribution in [3.8, 4) is 0 Å². The van der Waals surface area contributed by atoms with Gasteiger partial charge >= 0.3 is 11.9 Å². The topological polar surface area (TPSA) is 86.0 Å². The molecule has 0 spiro atoms. The molecule has 3 rings (SSSR count). The Bertz CT molecular complexity index is 865. The Labute approximate surface area is 158 Å². The third-order valence-electron chi connectivity index (χ3n) is 4.92. The average Bonchev–Trinajstić information content (AvgIpc) is 2.94. The van der Waals surface area contributed by atoms with Crippen LogP contribution in [0.5, 0.6) is 0 Å². The molecule has 2 N–H and O–H groups in total. The third kappa shape index (κ3) is 4.20. The first kappa shape index (κ1) is 19.1. The third-order valence-corrected chi connectivity index (χ3v) is 4.92. The molecule has 1 fully saturated rings. The highest BCUT2D eigenvalue weighted by Gasteiger charge is 2.32. The second kappa shape index (κ2) is 7.94. The fourth-order valence-electron chi connectivity index (χ4n) is 3.82. The normalized spacial score (nSPS) is 17.1. The molecule has 7 nitrogen and oxygen atoms in total. The van der Waals surface area contributed by atoms with Crippen molar-refractivity contribution in [3.05, 3.63) is 48.2 Å². The Morgan fingerprint density at radius 1 is 1.11 bits per heavy atom. The fourth-order valence-corrected chi connectivity index (χ4v) is 3.82. The standard InChI is InChI=1S/C20H25N3O4/c1-14(2)11-21-7-9-22(10-8-21)19(20(26)27)16-12-23(13-18(24)25)17-6-4-3-5-15(16)17/h3-6,12,19H,1,7-11,13H2,2H3,(H,24,25)(H,26,27)/t19-/m1/s1. The van der Waals surface area contributed by atoms with Crippen molar-refractivity contribution < 1.29 is 19.8 Å². The van der Waals surface area contributed by atoms with Crippen LogP contribution < -0.4 is 0 Å². The summed E-state index contributed by atoms with van der Waals surface area (Å²) in [5, 5.41) is 19.9. The Balaban J connectivity index is 1.91. The van der Waals surface area contributed by atoms with Gasteiger partial charge in [-0.25, -0.2) is 0 Å². The zero-order valence-corrected chi connectivity index (χ0v) is 15.5. The lowest BCUT2D eigenvalue weighted by Gasteiger charge is -2.37. The van der Waals surface area contributed by atoms with Gasteiger partial charge in [0.15, 0.2) is 0 Å². The number of nitrogens with zero attached hydrogens (tertiary/aromatic N) is 3. The zero-order valence-electron chi connectivity index (χ0n) is 15.5. The minimum Gasteiger partial charge on any atom is -0.480 e. The average molecular weight is 371 g/mol. The molecular weight excluding hydrogens is 346 g/mol. The van der Waals surface area contributed by atoms with E-state index in [2.05, 4.69) is 11.5 Å². The van der Waals surface area contributed by atoms with Crippen LogP contribution in [0, 0.1) is 0 Å². The molecular formula is C20H25N3O4. The number of fused-ring (bicyclic) bond motifs is 1. The number of aliphatic carboxylic acids is 2. The number of hydrogen-bond donors (Lipinski definition) is 2. The van der Waals surface area contributed by atoms with Gasteiger partial charge in [0.05, 0.1) is 0 Å². The van der Waals surface area contributed by atoms with Crippen LogP contribution in [0.3, 0.4) is 0 Å². The molecule has 0 unspecified atom stereocenters. The number of carbonyl (C=O) groups is 2. The SMILES string of the molecule is C=C(C)CN1CCN([C@@H](C(=O)O)c2cn(CC(=O)O)c3ccccc23)CC1. The van der Waals surface area contributed by atoms with Gasteiger partial charge in [-0.1, -0.05) is 30.4 Å². The lowest BCUT2D eigenvalue weighted by Crippen LogP contribution is -2.49. The van der Waals surface area contributed by atoms with Gasteiger partial charge in [0.25, 0.3) is 0 Å². The Morgan fingerprint density at radius 3 is 2.37 bits per heavy atom. The molecule has 0 aliphatic carbocycles. The summed E-state index contributed by atoms with van der Waals surface area (Å²) >= 11 is 0. The van der Waals surface area contributed by atoms with E-state index in [0.29, 0.717) is 18.7 Å². The van der Waals surface area contributed by atoms with Gasteiger partial charge in [-0.3, -0.25) is 19.4 Å². The molecule has 2 aromatic rings. The highest BCUT2D eigenvalue weighted by molar-refractivity contribution is 5.90. The molecule has 2 heterocycles. The van der Waals surface area contributed by atoms with Gasteiger partial charge in [-0.2, -0.15) is 0 Å². The molecule has 7 heteroatoms. The maximum Gasteiger partial charge on any atom is 0.325 e. The number of hydrogen-bond acceptors (Lipinski definition) is 4. The second-order valence-electron chi connectivity index (χ2n) is 7.13. The lowest BCUT2D eigenvalue weighted by atomic mass is 10.0. The van der Waals surface area contributed by atoms with Crippen molar-refractivity contribution in [3.63, 3.8) is 0 Å². The highest BCUT2D eigenvalue weighted by Crippen LogP contribution is 2.31. The Hall–Kier alpha value is -2.64. The van der Waals surface area contributed by atoms with Gasteiger partial charge in [-0.05, 0) is 13.0 Å². The Kier molecular flexibility index (Phi) is 5.62. The van der Waals surface area contributed by atoms with E-state index in [1.54, 1.807) is 10.8 Å². The van der Waals surface area contributed by atoms with Crippen LogP contribution >= 0.6 is 0 Å². The molecule has 0 saturated carbocycles. The van der Waals surface area contributed by atoms with Crippen molar-refractivity contribution in [1.29, 1.82) is 0 Å². The maximum absolute atomic E-state index is 12.1. The van der Waals surface area contributed by atoms with Gasteiger partial charge < -0.3 is 14.8 Å². The predicted molar refractivity (Wildman–Crippen MR) is 103 cm³/mol. The molecule has 144 valence electrons. The van der Waals surface area contributed by atoms with Crippen molar-refractivity contribution in [1.82, 2.24) is 14.4 Å². The summed E-state index contributed by atoms with van der Waals surface area (Å²) in [5.41, 5.74) is 2.48. The van der Waals surface area contributed by atoms with E-state index in [9.17, 15) is 19.8 Å². The summed E-state index contributed by atoms with van der Waals surface area (Å²) in [7, 11) is 0. The van der Waals surface area contributed by atoms with Crippen molar-refractivity contribution >= 4 is 22.8 Å². The molecule has 27 heavy (non-hydrogen) atoms. The predicted octanol–water partition coefficient (Wildman–Crippen LogP) is 2.05. The van der Waals surface area contributed by atoms with Gasteiger partial charge in [0, 0.05) is 55.4 Å². The minimum atomic E-state index is -0.956. The molecule has 1 aliphatic rings. The molecule has 0 bridgehead atoms. The van der Waals surface area contributed by atoms with Crippen LogP contribution in [0.15, 0.2) is 42.6 Å². The summed E-state index contributed by atoms with van der Waals surface area (Å²) in [5.74, 6) is -1.87. The number of benzene rings is 1. The van der Waals surface area contributed by atoms with Crippen LogP contribution in [-0.4, -0.2) is 69.2 Å². The largest absolute Gasteiger partial charge is 0.480 e. The van der Waals surface area contributed by atoms with Crippen LogP contribution in [0.4, 0.5) is 0 Å².